The van der Waals surface area contributed by atoms with E-state index in [1.165, 1.54) is 0 Å². The number of carbonyl (C=O) groups is 2. The largest absolute Gasteiger partial charge is 0.494 e. The summed E-state index contributed by atoms with van der Waals surface area (Å²) in [6.07, 6.45) is 2.73. The highest BCUT2D eigenvalue weighted by Gasteiger charge is 2.36. The number of amides is 2. The maximum Gasteiger partial charge on any atom is 0.338 e. The summed E-state index contributed by atoms with van der Waals surface area (Å²) in [5.74, 6) is 1.45. The Bertz CT molecular complexity index is 774. The van der Waals surface area contributed by atoms with Gasteiger partial charge in [0.25, 0.3) is 0 Å². The highest BCUT2D eigenvalue weighted by molar-refractivity contribution is 5.95. The van der Waals surface area contributed by atoms with Crippen LogP contribution in [0.4, 0.5) is 4.79 Å². The molecule has 1 heterocycles. The molecule has 0 spiro atoms. The van der Waals surface area contributed by atoms with Crippen LogP contribution in [0, 0.1) is 11.8 Å². The Hall–Kier alpha value is -2.50. The van der Waals surface area contributed by atoms with Crippen molar-refractivity contribution in [1.82, 2.24) is 10.6 Å². The molecule has 152 valence electrons. The van der Waals surface area contributed by atoms with Crippen molar-refractivity contribution in [1.29, 1.82) is 0 Å². The first-order valence-electron chi connectivity index (χ1n) is 10.1. The van der Waals surface area contributed by atoms with Crippen LogP contribution in [-0.4, -0.2) is 24.7 Å². The van der Waals surface area contributed by atoms with Crippen LogP contribution >= 0.6 is 0 Å². The third kappa shape index (κ3) is 4.32. The molecule has 1 aliphatic heterocycles. The highest BCUT2D eigenvalue weighted by Crippen LogP contribution is 2.35. The summed E-state index contributed by atoms with van der Waals surface area (Å²) < 4.78 is 11.6. The molecular weight excluding hydrogens is 356 g/mol. The fourth-order valence-electron chi connectivity index (χ4n) is 4.02. The molecule has 0 aromatic heterocycles. The summed E-state index contributed by atoms with van der Waals surface area (Å²) in [6, 6.07) is 6.50. The lowest BCUT2D eigenvalue weighted by Crippen LogP contribution is -2.46. The molecule has 2 N–H and O–H groups in total. The molecule has 1 aliphatic carbocycles. The molecule has 0 saturated heterocycles. The monoisotopic (exact) mass is 386 g/mol. The van der Waals surface area contributed by atoms with E-state index in [9.17, 15) is 9.59 Å². The molecule has 6 heteroatoms. The Morgan fingerprint density at radius 2 is 1.93 bits per heavy atom. The van der Waals surface area contributed by atoms with Crippen molar-refractivity contribution in [3.63, 3.8) is 0 Å². The van der Waals surface area contributed by atoms with Gasteiger partial charge in [-0.2, -0.15) is 0 Å². The first-order valence-corrected chi connectivity index (χ1v) is 10.1. The Balaban J connectivity index is 1.87. The lowest BCUT2D eigenvalue weighted by molar-refractivity contribution is -0.147. The minimum absolute atomic E-state index is 0.0839. The van der Waals surface area contributed by atoms with E-state index in [0.717, 1.165) is 24.8 Å². The second-order valence-corrected chi connectivity index (χ2v) is 7.84. The molecule has 2 amide bonds. The van der Waals surface area contributed by atoms with Crippen LogP contribution < -0.4 is 15.4 Å². The van der Waals surface area contributed by atoms with E-state index < -0.39 is 6.04 Å². The van der Waals surface area contributed by atoms with Gasteiger partial charge in [0.1, 0.15) is 11.9 Å². The summed E-state index contributed by atoms with van der Waals surface area (Å²) in [5, 5.41) is 5.56. The zero-order valence-corrected chi connectivity index (χ0v) is 17.1. The van der Waals surface area contributed by atoms with Gasteiger partial charge < -0.3 is 20.1 Å². The SMILES string of the molecule is CCOc1ccccc1[C@H]1NC(=O)NC(C)=C1C(=O)O[C@@H]1CC[C@H](C)[C@H](C)C1. The number of hydrogen-bond acceptors (Lipinski definition) is 4. The molecule has 0 bridgehead atoms. The van der Waals surface area contributed by atoms with Crippen LogP contribution in [0.5, 0.6) is 5.75 Å². The minimum Gasteiger partial charge on any atom is -0.494 e. The average molecular weight is 386 g/mol. The predicted molar refractivity (Wildman–Crippen MR) is 107 cm³/mol. The number of urea groups is 1. The molecule has 0 radical (unpaired) electrons. The maximum absolute atomic E-state index is 13.1. The van der Waals surface area contributed by atoms with E-state index in [1.54, 1.807) is 6.92 Å². The smallest absolute Gasteiger partial charge is 0.338 e. The van der Waals surface area contributed by atoms with Crippen LogP contribution in [0.1, 0.15) is 58.6 Å². The zero-order chi connectivity index (χ0) is 20.3. The fourth-order valence-corrected chi connectivity index (χ4v) is 4.02. The molecule has 28 heavy (non-hydrogen) atoms. The molecule has 1 aromatic carbocycles. The van der Waals surface area contributed by atoms with Crippen molar-refractivity contribution in [2.45, 2.75) is 59.1 Å². The van der Waals surface area contributed by atoms with E-state index in [-0.39, 0.29) is 18.1 Å². The summed E-state index contributed by atoms with van der Waals surface area (Å²) in [4.78, 5) is 25.2. The van der Waals surface area contributed by atoms with Gasteiger partial charge in [0.05, 0.1) is 18.2 Å². The Morgan fingerprint density at radius 3 is 2.64 bits per heavy atom. The standard InChI is InChI=1S/C22H30N2O4/c1-5-27-18-9-7-6-8-17(18)20-19(15(4)23-22(26)24-20)21(25)28-16-11-10-13(2)14(3)12-16/h6-9,13-14,16,20H,5,10-12H2,1-4H3,(H2,23,24,26)/t13-,14+,16+,20+/m0/s1. The van der Waals surface area contributed by atoms with Gasteiger partial charge in [-0.1, -0.05) is 32.0 Å². The van der Waals surface area contributed by atoms with Crippen LogP contribution in [0.2, 0.25) is 0 Å². The minimum atomic E-state index is -0.607. The number of allylic oxidation sites excluding steroid dienone is 1. The van der Waals surface area contributed by atoms with Gasteiger partial charge in [-0.05, 0) is 51.0 Å². The van der Waals surface area contributed by atoms with E-state index in [2.05, 4.69) is 24.5 Å². The number of carbonyl (C=O) groups excluding carboxylic acids is 2. The quantitative estimate of drug-likeness (QED) is 0.748. The highest BCUT2D eigenvalue weighted by atomic mass is 16.5. The van der Waals surface area contributed by atoms with Crippen LogP contribution in [0.15, 0.2) is 35.5 Å². The van der Waals surface area contributed by atoms with E-state index in [4.69, 9.17) is 9.47 Å². The van der Waals surface area contributed by atoms with Gasteiger partial charge >= 0.3 is 12.0 Å². The Morgan fingerprint density at radius 1 is 1.18 bits per heavy atom. The molecule has 2 aliphatic rings. The zero-order valence-electron chi connectivity index (χ0n) is 17.1. The second-order valence-electron chi connectivity index (χ2n) is 7.84. The van der Waals surface area contributed by atoms with Crippen molar-refractivity contribution < 1.29 is 19.1 Å². The first-order chi connectivity index (χ1) is 13.4. The Kier molecular flexibility index (Phi) is 6.27. The number of para-hydroxylation sites is 1. The molecule has 1 saturated carbocycles. The van der Waals surface area contributed by atoms with Crippen molar-refractivity contribution in [3.8, 4) is 5.75 Å². The third-order valence-electron chi connectivity index (χ3n) is 5.84. The fraction of sp³-hybridized carbons (Fsp3) is 0.545. The van der Waals surface area contributed by atoms with Crippen molar-refractivity contribution in [2.24, 2.45) is 11.8 Å². The van der Waals surface area contributed by atoms with Crippen LogP contribution in [-0.2, 0) is 9.53 Å². The lowest BCUT2D eigenvalue weighted by Gasteiger charge is -2.34. The number of hydrogen-bond donors (Lipinski definition) is 2. The van der Waals surface area contributed by atoms with Crippen LogP contribution in [0.3, 0.4) is 0 Å². The first kappa shape index (κ1) is 20.2. The molecule has 1 fully saturated rings. The maximum atomic E-state index is 13.1. The number of ether oxygens (including phenoxy) is 2. The van der Waals surface area contributed by atoms with Crippen molar-refractivity contribution >= 4 is 12.0 Å². The van der Waals surface area contributed by atoms with E-state index in [0.29, 0.717) is 35.5 Å². The molecule has 3 rings (SSSR count). The van der Waals surface area contributed by atoms with Crippen molar-refractivity contribution in [3.05, 3.63) is 41.1 Å². The number of esters is 1. The number of benzene rings is 1. The summed E-state index contributed by atoms with van der Waals surface area (Å²) in [7, 11) is 0. The normalized spacial score (nSPS) is 27.6. The topological polar surface area (TPSA) is 76.7 Å². The van der Waals surface area contributed by atoms with Gasteiger partial charge in [0.2, 0.25) is 0 Å². The van der Waals surface area contributed by atoms with E-state index in [1.807, 2.05) is 31.2 Å². The van der Waals surface area contributed by atoms with Crippen LogP contribution in [0.25, 0.3) is 0 Å². The summed E-state index contributed by atoms with van der Waals surface area (Å²) in [5.41, 5.74) is 1.69. The average Bonchev–Trinajstić information content (AvgIpc) is 2.64. The van der Waals surface area contributed by atoms with Gasteiger partial charge in [0, 0.05) is 11.3 Å². The molecule has 0 unspecified atom stereocenters. The summed E-state index contributed by atoms with van der Waals surface area (Å²) in [6.45, 7) is 8.59. The Labute approximate surface area is 166 Å². The van der Waals surface area contributed by atoms with Gasteiger partial charge in [-0.15, -0.1) is 0 Å². The van der Waals surface area contributed by atoms with Crippen molar-refractivity contribution in [2.75, 3.05) is 6.61 Å². The van der Waals surface area contributed by atoms with E-state index >= 15 is 0 Å². The molecule has 4 atom stereocenters. The lowest BCUT2D eigenvalue weighted by atomic mass is 9.80. The predicted octanol–water partition coefficient (Wildman–Crippen LogP) is 4.08. The number of nitrogens with one attached hydrogen (secondary N) is 2. The van der Waals surface area contributed by atoms with Gasteiger partial charge in [-0.25, -0.2) is 9.59 Å². The van der Waals surface area contributed by atoms with Gasteiger partial charge in [-0.3, -0.25) is 0 Å². The summed E-state index contributed by atoms with van der Waals surface area (Å²) >= 11 is 0. The molecular formula is C22H30N2O4. The number of rotatable bonds is 5. The second kappa shape index (κ2) is 8.67. The molecule has 6 nitrogen and oxygen atoms in total. The van der Waals surface area contributed by atoms with Gasteiger partial charge in [0.15, 0.2) is 0 Å². The molecule has 1 aromatic rings. The third-order valence-corrected chi connectivity index (χ3v) is 5.84.